The van der Waals surface area contributed by atoms with Crippen LogP contribution in [0.15, 0.2) is 57.6 Å². The van der Waals surface area contributed by atoms with Crippen molar-refractivity contribution in [2.24, 2.45) is 0 Å². The van der Waals surface area contributed by atoms with E-state index in [1.54, 1.807) is 6.20 Å². The molecule has 0 unspecified atom stereocenters. The average Bonchev–Trinajstić information content (AvgIpc) is 2.62. The molecule has 4 nitrogen and oxygen atoms in total. The molecule has 128 valence electrons. The van der Waals surface area contributed by atoms with Crippen molar-refractivity contribution >= 4 is 54.4 Å². The summed E-state index contributed by atoms with van der Waals surface area (Å²) in [5, 5.41) is 3.76. The van der Waals surface area contributed by atoms with Crippen LogP contribution >= 0.6 is 31.9 Å². The zero-order valence-electron chi connectivity index (χ0n) is 13.6. The van der Waals surface area contributed by atoms with Gasteiger partial charge in [0.25, 0.3) is 5.91 Å². The molecular formula is C19H16Br2N2O2. The molecule has 2 aromatic carbocycles. The maximum Gasteiger partial charge on any atom is 0.262 e. The van der Waals surface area contributed by atoms with E-state index in [4.69, 9.17) is 4.74 Å². The summed E-state index contributed by atoms with van der Waals surface area (Å²) in [6.45, 7) is 2.00. The monoisotopic (exact) mass is 462 g/mol. The van der Waals surface area contributed by atoms with Crippen molar-refractivity contribution in [2.45, 2.75) is 13.3 Å². The van der Waals surface area contributed by atoms with Gasteiger partial charge in [-0.05, 0) is 52.2 Å². The van der Waals surface area contributed by atoms with Crippen molar-refractivity contribution in [2.75, 3.05) is 11.9 Å². The number of amides is 1. The smallest absolute Gasteiger partial charge is 0.262 e. The van der Waals surface area contributed by atoms with Gasteiger partial charge in [-0.1, -0.05) is 41.1 Å². The summed E-state index contributed by atoms with van der Waals surface area (Å²) in [6, 6.07) is 13.5. The number of fused-ring (bicyclic) bond motifs is 1. The van der Waals surface area contributed by atoms with Crippen molar-refractivity contribution in [3.63, 3.8) is 0 Å². The van der Waals surface area contributed by atoms with Gasteiger partial charge in [-0.15, -0.1) is 0 Å². The highest BCUT2D eigenvalue weighted by Gasteiger charge is 2.13. The van der Waals surface area contributed by atoms with Gasteiger partial charge in [-0.25, -0.2) is 0 Å². The van der Waals surface area contributed by atoms with Gasteiger partial charge in [0.2, 0.25) is 0 Å². The second kappa shape index (κ2) is 7.97. The molecule has 3 rings (SSSR count). The predicted octanol–water partition coefficient (Wildman–Crippen LogP) is 5.34. The lowest BCUT2D eigenvalue weighted by Crippen LogP contribution is -2.20. The third-order valence-corrected chi connectivity index (χ3v) is 4.99. The number of carbonyl (C=O) groups is 1. The van der Waals surface area contributed by atoms with E-state index in [0.717, 1.165) is 26.4 Å². The molecule has 0 radical (unpaired) electrons. The van der Waals surface area contributed by atoms with E-state index in [2.05, 4.69) is 49.1 Å². The van der Waals surface area contributed by atoms with E-state index in [0.29, 0.717) is 11.3 Å². The summed E-state index contributed by atoms with van der Waals surface area (Å²) < 4.78 is 7.40. The van der Waals surface area contributed by atoms with E-state index in [1.807, 2.05) is 42.5 Å². The zero-order chi connectivity index (χ0) is 17.8. The van der Waals surface area contributed by atoms with Crippen LogP contribution in [0, 0.1) is 0 Å². The molecule has 0 fully saturated rings. The van der Waals surface area contributed by atoms with Crippen LogP contribution in [0.3, 0.4) is 0 Å². The Hall–Kier alpha value is -1.92. The van der Waals surface area contributed by atoms with Gasteiger partial charge in [-0.2, -0.15) is 0 Å². The minimum absolute atomic E-state index is 0.0958. The fourth-order valence-corrected chi connectivity index (χ4v) is 3.83. The van der Waals surface area contributed by atoms with E-state index in [9.17, 15) is 4.79 Å². The van der Waals surface area contributed by atoms with Gasteiger partial charge in [0, 0.05) is 21.7 Å². The van der Waals surface area contributed by atoms with Crippen LogP contribution in [0.1, 0.15) is 12.5 Å². The molecule has 0 aliphatic rings. The van der Waals surface area contributed by atoms with Crippen molar-refractivity contribution in [1.29, 1.82) is 0 Å². The molecule has 0 bridgehead atoms. The number of aromatic nitrogens is 1. The highest BCUT2D eigenvalue weighted by molar-refractivity contribution is 9.11. The SMILES string of the molecule is CCc1ccc(NC(=O)COc2c(Br)cc(Br)c3cccnc23)cc1. The van der Waals surface area contributed by atoms with Crippen LogP contribution in [0.25, 0.3) is 10.9 Å². The molecule has 0 atom stereocenters. The van der Waals surface area contributed by atoms with Crippen LogP contribution in [-0.4, -0.2) is 17.5 Å². The number of aryl methyl sites for hydroxylation is 1. The molecule has 3 aromatic rings. The fourth-order valence-electron chi connectivity index (χ4n) is 2.44. The standard InChI is InChI=1S/C19H16Br2N2O2/c1-2-12-5-7-13(8-6-12)23-17(24)11-25-19-16(21)10-15(20)14-4-3-9-22-18(14)19/h3-10H,2,11H2,1H3,(H,23,24). The number of pyridine rings is 1. The van der Waals surface area contributed by atoms with Crippen molar-refractivity contribution in [1.82, 2.24) is 4.98 Å². The normalized spacial score (nSPS) is 10.7. The maximum atomic E-state index is 12.2. The highest BCUT2D eigenvalue weighted by atomic mass is 79.9. The summed E-state index contributed by atoms with van der Waals surface area (Å²) in [5.74, 6) is 0.332. The first kappa shape index (κ1) is 17.9. The van der Waals surface area contributed by atoms with Crippen molar-refractivity contribution in [3.8, 4) is 5.75 Å². The number of nitrogens with one attached hydrogen (secondary N) is 1. The number of ether oxygens (including phenoxy) is 1. The zero-order valence-corrected chi connectivity index (χ0v) is 16.7. The van der Waals surface area contributed by atoms with E-state index in [1.165, 1.54) is 5.56 Å². The van der Waals surface area contributed by atoms with Crippen LogP contribution < -0.4 is 10.1 Å². The quantitative estimate of drug-likeness (QED) is 0.555. The first-order valence-corrected chi connectivity index (χ1v) is 9.41. The predicted molar refractivity (Wildman–Crippen MR) is 107 cm³/mol. The summed E-state index contributed by atoms with van der Waals surface area (Å²) >= 11 is 6.99. The topological polar surface area (TPSA) is 51.2 Å². The minimum Gasteiger partial charge on any atom is -0.480 e. The third-order valence-electron chi connectivity index (χ3n) is 3.74. The van der Waals surface area contributed by atoms with Crippen LogP contribution in [0.5, 0.6) is 5.75 Å². The molecular weight excluding hydrogens is 448 g/mol. The number of benzene rings is 2. The number of halogens is 2. The van der Waals surface area contributed by atoms with Gasteiger partial charge in [0.05, 0.1) is 4.47 Å². The molecule has 1 aromatic heterocycles. The second-order valence-corrected chi connectivity index (χ2v) is 7.16. The van der Waals surface area contributed by atoms with E-state index < -0.39 is 0 Å². The number of anilines is 1. The fraction of sp³-hybridized carbons (Fsp3) is 0.158. The molecule has 0 aliphatic carbocycles. The molecule has 0 aliphatic heterocycles. The number of hydrogen-bond acceptors (Lipinski definition) is 3. The molecule has 1 N–H and O–H groups in total. The Morgan fingerprint density at radius 3 is 2.64 bits per heavy atom. The maximum absolute atomic E-state index is 12.2. The molecule has 0 spiro atoms. The Labute approximate surface area is 162 Å². The number of rotatable bonds is 5. The Bertz CT molecular complexity index is 911. The average molecular weight is 464 g/mol. The van der Waals surface area contributed by atoms with Crippen LogP contribution in [0.4, 0.5) is 5.69 Å². The molecule has 0 saturated carbocycles. The van der Waals surface area contributed by atoms with Crippen molar-refractivity contribution < 1.29 is 9.53 Å². The number of nitrogens with zero attached hydrogens (tertiary/aromatic N) is 1. The lowest BCUT2D eigenvalue weighted by Gasteiger charge is -2.12. The largest absolute Gasteiger partial charge is 0.480 e. The molecule has 0 saturated heterocycles. The summed E-state index contributed by atoms with van der Waals surface area (Å²) in [4.78, 5) is 16.5. The summed E-state index contributed by atoms with van der Waals surface area (Å²) in [7, 11) is 0. The Morgan fingerprint density at radius 2 is 1.92 bits per heavy atom. The minimum atomic E-state index is -0.219. The second-order valence-electron chi connectivity index (χ2n) is 5.46. The van der Waals surface area contributed by atoms with Gasteiger partial charge in [0.1, 0.15) is 5.52 Å². The highest BCUT2D eigenvalue weighted by Crippen LogP contribution is 2.37. The Balaban J connectivity index is 1.72. The van der Waals surface area contributed by atoms with Gasteiger partial charge < -0.3 is 10.1 Å². The molecule has 1 heterocycles. The van der Waals surface area contributed by atoms with Gasteiger partial charge >= 0.3 is 0 Å². The van der Waals surface area contributed by atoms with Crippen LogP contribution in [0.2, 0.25) is 0 Å². The van der Waals surface area contributed by atoms with Gasteiger partial charge in [-0.3, -0.25) is 9.78 Å². The summed E-state index contributed by atoms with van der Waals surface area (Å²) in [5.41, 5.74) is 2.68. The number of carbonyl (C=O) groups excluding carboxylic acids is 1. The first-order chi connectivity index (χ1) is 12.1. The molecule has 1 amide bonds. The van der Waals surface area contributed by atoms with Crippen molar-refractivity contribution in [3.05, 3.63) is 63.2 Å². The summed E-state index contributed by atoms with van der Waals surface area (Å²) in [6.07, 6.45) is 2.67. The number of hydrogen-bond donors (Lipinski definition) is 1. The van der Waals surface area contributed by atoms with E-state index >= 15 is 0 Å². The van der Waals surface area contributed by atoms with E-state index in [-0.39, 0.29) is 12.5 Å². The third kappa shape index (κ3) is 4.19. The van der Waals surface area contributed by atoms with Crippen LogP contribution in [-0.2, 0) is 11.2 Å². The molecule has 25 heavy (non-hydrogen) atoms. The lowest BCUT2D eigenvalue weighted by molar-refractivity contribution is -0.118. The van der Waals surface area contributed by atoms with Gasteiger partial charge in [0.15, 0.2) is 12.4 Å². The lowest BCUT2D eigenvalue weighted by atomic mass is 10.1. The molecule has 6 heteroatoms. The Morgan fingerprint density at radius 1 is 1.16 bits per heavy atom. The Kier molecular flexibility index (Phi) is 5.71. The first-order valence-electron chi connectivity index (χ1n) is 7.82.